The summed E-state index contributed by atoms with van der Waals surface area (Å²) >= 11 is 17.1. The molecule has 3 N–H and O–H groups in total. The molecular weight excluding hydrogens is 481 g/mol. The van der Waals surface area contributed by atoms with Crippen molar-refractivity contribution in [2.45, 2.75) is 18.9 Å². The Hall–Kier alpha value is -3.13. The van der Waals surface area contributed by atoms with Crippen LogP contribution in [0.4, 0.5) is 0 Å². The lowest BCUT2D eigenvalue weighted by Gasteiger charge is -2.20. The zero-order chi connectivity index (χ0) is 23.8. The number of carbonyl (C=O) groups is 2. The molecule has 3 aromatic carbocycles. The number of rotatable bonds is 6. The lowest BCUT2D eigenvalue weighted by atomic mass is 9.91. The normalized spacial score (nSPS) is 11.4. The van der Waals surface area contributed by atoms with Crippen molar-refractivity contribution < 1.29 is 14.3 Å². The molecule has 170 valence electrons. The van der Waals surface area contributed by atoms with E-state index in [4.69, 9.17) is 40.2 Å². The molecular formula is C24H21Cl2N3O3S. The minimum absolute atomic E-state index is 0.0779. The number of nitrogens with one attached hydrogen (secondary N) is 3. The molecule has 0 aromatic heterocycles. The maximum absolute atomic E-state index is 13.0. The van der Waals surface area contributed by atoms with Crippen LogP contribution in [0.15, 0.2) is 78.9 Å². The minimum Gasteiger partial charge on any atom is -0.479 e. The van der Waals surface area contributed by atoms with Gasteiger partial charge in [-0.1, -0.05) is 83.9 Å². The van der Waals surface area contributed by atoms with E-state index in [0.717, 1.165) is 11.1 Å². The Bertz CT molecular complexity index is 1090. The van der Waals surface area contributed by atoms with Gasteiger partial charge < -0.3 is 4.74 Å². The predicted octanol–water partition coefficient (Wildman–Crippen LogP) is 4.61. The molecule has 9 heteroatoms. The first-order valence-electron chi connectivity index (χ1n) is 9.97. The molecule has 0 saturated carbocycles. The molecule has 0 heterocycles. The first-order chi connectivity index (χ1) is 15.8. The van der Waals surface area contributed by atoms with Crippen molar-refractivity contribution in [2.75, 3.05) is 0 Å². The Balaban J connectivity index is 1.58. The van der Waals surface area contributed by atoms with Gasteiger partial charge in [0.1, 0.15) is 5.75 Å². The van der Waals surface area contributed by atoms with Crippen LogP contribution in [0.3, 0.4) is 0 Å². The lowest BCUT2D eigenvalue weighted by Crippen LogP contribution is -2.52. The van der Waals surface area contributed by atoms with E-state index >= 15 is 0 Å². The molecule has 1 atom stereocenters. The van der Waals surface area contributed by atoms with Crippen LogP contribution in [-0.4, -0.2) is 23.0 Å². The van der Waals surface area contributed by atoms with Gasteiger partial charge in [0.15, 0.2) is 11.2 Å². The molecule has 33 heavy (non-hydrogen) atoms. The van der Waals surface area contributed by atoms with E-state index in [1.807, 2.05) is 60.7 Å². The van der Waals surface area contributed by atoms with Crippen LogP contribution in [0.25, 0.3) is 0 Å². The van der Waals surface area contributed by atoms with Crippen molar-refractivity contribution in [3.8, 4) is 5.75 Å². The van der Waals surface area contributed by atoms with Crippen LogP contribution in [-0.2, 0) is 9.59 Å². The summed E-state index contributed by atoms with van der Waals surface area (Å²) in [6.07, 6.45) is -0.902. The van der Waals surface area contributed by atoms with Gasteiger partial charge in [0.05, 0.1) is 10.9 Å². The van der Waals surface area contributed by atoms with Gasteiger partial charge in [-0.25, -0.2) is 0 Å². The third-order valence-electron chi connectivity index (χ3n) is 4.63. The number of halogens is 2. The zero-order valence-electron chi connectivity index (χ0n) is 17.5. The molecule has 3 aromatic rings. The number of amides is 2. The Morgan fingerprint density at radius 3 is 1.97 bits per heavy atom. The van der Waals surface area contributed by atoms with Gasteiger partial charge in [0.2, 0.25) is 5.91 Å². The van der Waals surface area contributed by atoms with Crippen LogP contribution >= 0.6 is 35.4 Å². The third-order valence-corrected chi connectivity index (χ3v) is 5.37. The molecule has 0 spiro atoms. The Kier molecular flexibility index (Phi) is 8.65. The van der Waals surface area contributed by atoms with Gasteiger partial charge in [-0.2, -0.15) is 0 Å². The van der Waals surface area contributed by atoms with Crippen LogP contribution in [0.1, 0.15) is 24.0 Å². The van der Waals surface area contributed by atoms with Crippen molar-refractivity contribution in [3.05, 3.63) is 100 Å². The number of ether oxygens (including phenoxy) is 1. The van der Waals surface area contributed by atoms with Crippen molar-refractivity contribution in [1.29, 1.82) is 0 Å². The number of carbonyl (C=O) groups excluding carboxylic acids is 2. The van der Waals surface area contributed by atoms with Crippen molar-refractivity contribution >= 4 is 52.3 Å². The summed E-state index contributed by atoms with van der Waals surface area (Å²) < 4.78 is 5.56. The number of hydrogen-bond donors (Lipinski definition) is 3. The fraction of sp³-hybridized carbons (Fsp3) is 0.125. The zero-order valence-corrected chi connectivity index (χ0v) is 19.9. The highest BCUT2D eigenvalue weighted by Crippen LogP contribution is 2.28. The van der Waals surface area contributed by atoms with E-state index in [1.54, 1.807) is 19.1 Å². The summed E-state index contributed by atoms with van der Waals surface area (Å²) in [6.45, 7) is 1.54. The van der Waals surface area contributed by atoms with E-state index in [1.165, 1.54) is 6.07 Å². The monoisotopic (exact) mass is 501 g/mol. The summed E-state index contributed by atoms with van der Waals surface area (Å²) in [5, 5.41) is 3.13. The number of thiocarbonyl (C=S) groups is 1. The summed E-state index contributed by atoms with van der Waals surface area (Å²) in [6, 6.07) is 23.4. The quantitative estimate of drug-likeness (QED) is 0.339. The van der Waals surface area contributed by atoms with Gasteiger partial charge in [-0.05, 0) is 48.5 Å². The molecule has 1 unspecified atom stereocenters. The third kappa shape index (κ3) is 6.92. The number of benzene rings is 3. The van der Waals surface area contributed by atoms with E-state index < -0.39 is 17.9 Å². The number of hydrogen-bond acceptors (Lipinski definition) is 4. The molecule has 0 aliphatic heterocycles. The van der Waals surface area contributed by atoms with E-state index in [-0.39, 0.29) is 16.0 Å². The van der Waals surface area contributed by atoms with Crippen LogP contribution in [0, 0.1) is 0 Å². The average Bonchev–Trinajstić information content (AvgIpc) is 2.81. The van der Waals surface area contributed by atoms with E-state index in [2.05, 4.69) is 16.2 Å². The van der Waals surface area contributed by atoms with Gasteiger partial charge in [-0.15, -0.1) is 0 Å². The second-order valence-electron chi connectivity index (χ2n) is 7.02. The van der Waals surface area contributed by atoms with E-state index in [9.17, 15) is 9.59 Å². The number of hydrazine groups is 1. The van der Waals surface area contributed by atoms with Gasteiger partial charge >= 0.3 is 0 Å². The minimum atomic E-state index is -0.902. The second kappa shape index (κ2) is 11.7. The topological polar surface area (TPSA) is 79.5 Å². The average molecular weight is 502 g/mol. The SMILES string of the molecule is CC(Oc1ccc(Cl)cc1Cl)C(=O)NC(=S)NNC(=O)C(c1ccccc1)c1ccccc1. The van der Waals surface area contributed by atoms with E-state index in [0.29, 0.717) is 10.8 Å². The van der Waals surface area contributed by atoms with Crippen LogP contribution in [0.5, 0.6) is 5.75 Å². The Morgan fingerprint density at radius 2 is 1.42 bits per heavy atom. The first kappa shape index (κ1) is 24.5. The molecule has 0 radical (unpaired) electrons. The lowest BCUT2D eigenvalue weighted by molar-refractivity contribution is -0.126. The highest BCUT2D eigenvalue weighted by molar-refractivity contribution is 7.80. The summed E-state index contributed by atoms with van der Waals surface area (Å²) in [7, 11) is 0. The van der Waals surface area contributed by atoms with Crippen molar-refractivity contribution in [2.24, 2.45) is 0 Å². The summed E-state index contributed by atoms with van der Waals surface area (Å²) in [5.74, 6) is -1.10. The molecule has 0 bridgehead atoms. The highest BCUT2D eigenvalue weighted by Gasteiger charge is 2.23. The second-order valence-corrected chi connectivity index (χ2v) is 8.27. The largest absolute Gasteiger partial charge is 0.479 e. The predicted molar refractivity (Wildman–Crippen MR) is 133 cm³/mol. The molecule has 0 saturated heterocycles. The molecule has 0 aliphatic rings. The molecule has 0 fully saturated rings. The van der Waals surface area contributed by atoms with Crippen molar-refractivity contribution in [3.63, 3.8) is 0 Å². The Labute approximate surface area is 207 Å². The first-order valence-corrected chi connectivity index (χ1v) is 11.1. The fourth-order valence-corrected chi connectivity index (χ4v) is 3.64. The molecule has 3 rings (SSSR count). The van der Waals surface area contributed by atoms with Gasteiger partial charge in [0.25, 0.3) is 5.91 Å². The molecule has 2 amide bonds. The smallest absolute Gasteiger partial charge is 0.266 e. The molecule has 0 aliphatic carbocycles. The summed E-state index contributed by atoms with van der Waals surface area (Å²) in [4.78, 5) is 25.4. The molecule has 6 nitrogen and oxygen atoms in total. The van der Waals surface area contributed by atoms with Crippen molar-refractivity contribution in [1.82, 2.24) is 16.2 Å². The Morgan fingerprint density at radius 1 is 0.848 bits per heavy atom. The van der Waals surface area contributed by atoms with Crippen LogP contribution < -0.4 is 20.9 Å². The standard InChI is InChI=1S/C24H21Cl2N3O3S/c1-15(32-20-13-12-18(25)14-19(20)26)22(30)27-24(33)29-28-23(31)21(16-8-4-2-5-9-16)17-10-6-3-7-11-17/h2-15,21H,1H3,(H,28,31)(H2,27,29,30,33). The maximum atomic E-state index is 13.0. The van der Waals surface area contributed by atoms with Crippen LogP contribution in [0.2, 0.25) is 10.0 Å². The summed E-state index contributed by atoms with van der Waals surface area (Å²) in [5.41, 5.74) is 6.78. The fourth-order valence-electron chi connectivity index (χ4n) is 3.04. The maximum Gasteiger partial charge on any atom is 0.266 e. The van der Waals surface area contributed by atoms with Gasteiger partial charge in [0, 0.05) is 5.02 Å². The highest BCUT2D eigenvalue weighted by atomic mass is 35.5. The van der Waals surface area contributed by atoms with Gasteiger partial charge in [-0.3, -0.25) is 25.8 Å².